The molecule has 1 heterocycles. The van der Waals surface area contributed by atoms with Crippen molar-refractivity contribution >= 4 is 6.08 Å². The Kier molecular flexibility index (Phi) is 2.93. The molecule has 2 rings (SSSR count). The van der Waals surface area contributed by atoms with E-state index in [2.05, 4.69) is 23.2 Å². The molecule has 0 aliphatic carbocycles. The summed E-state index contributed by atoms with van der Waals surface area (Å²) in [5.41, 5.74) is 3.31. The molecule has 15 heavy (non-hydrogen) atoms. The van der Waals surface area contributed by atoms with E-state index in [4.69, 9.17) is 0 Å². The predicted molar refractivity (Wildman–Crippen MR) is 64.4 cm³/mol. The van der Waals surface area contributed by atoms with Gasteiger partial charge < -0.3 is 0 Å². The van der Waals surface area contributed by atoms with Crippen molar-refractivity contribution in [3.05, 3.63) is 60.3 Å². The lowest BCUT2D eigenvalue weighted by Gasteiger charge is -2.00. The molecule has 1 nitrogen and oxygen atoms in total. The van der Waals surface area contributed by atoms with Gasteiger partial charge in [-0.1, -0.05) is 48.6 Å². The first kappa shape index (κ1) is 9.66. The molecule has 0 N–H and O–H groups in total. The van der Waals surface area contributed by atoms with Crippen LogP contribution in [0.4, 0.5) is 0 Å². The highest BCUT2D eigenvalue weighted by Crippen LogP contribution is 2.16. The van der Waals surface area contributed by atoms with Crippen LogP contribution in [-0.4, -0.2) is 4.98 Å². The fourth-order valence-corrected chi connectivity index (χ4v) is 1.48. The quantitative estimate of drug-likeness (QED) is 0.710. The third-order valence-corrected chi connectivity index (χ3v) is 2.22. The maximum absolute atomic E-state index is 4.42. The van der Waals surface area contributed by atoms with Crippen molar-refractivity contribution in [3.8, 4) is 11.3 Å². The number of nitrogens with zero attached hydrogens (tertiary/aromatic N) is 1. The second-order valence-corrected chi connectivity index (χ2v) is 3.34. The first-order valence-corrected chi connectivity index (χ1v) is 5.04. The summed E-state index contributed by atoms with van der Waals surface area (Å²) in [6, 6.07) is 14.3. The van der Waals surface area contributed by atoms with Crippen LogP contribution in [0.5, 0.6) is 0 Å². The van der Waals surface area contributed by atoms with E-state index < -0.39 is 0 Å². The second-order valence-electron chi connectivity index (χ2n) is 3.34. The molecule has 0 radical (unpaired) electrons. The van der Waals surface area contributed by atoms with Crippen LogP contribution in [0.15, 0.2) is 54.7 Å². The number of rotatable bonds is 2. The summed E-state index contributed by atoms with van der Waals surface area (Å²) >= 11 is 0. The molecule has 1 aromatic heterocycles. The van der Waals surface area contributed by atoms with Crippen LogP contribution in [0.25, 0.3) is 17.3 Å². The highest BCUT2D eigenvalue weighted by molar-refractivity contribution is 5.60. The molecule has 2 aromatic rings. The van der Waals surface area contributed by atoms with Gasteiger partial charge in [0.05, 0.1) is 5.69 Å². The fourth-order valence-electron chi connectivity index (χ4n) is 1.48. The molecule has 0 saturated carbocycles. The Morgan fingerprint density at radius 1 is 1.00 bits per heavy atom. The van der Waals surface area contributed by atoms with Gasteiger partial charge in [0.2, 0.25) is 0 Å². The standard InChI is InChI=1S/C14H13N/c1-2-6-12-9-10-14(15-11-12)13-7-4-3-5-8-13/h2-11H,1H3/b6-2+. The number of allylic oxidation sites excluding steroid dienone is 1. The van der Waals surface area contributed by atoms with Crippen molar-refractivity contribution in [2.75, 3.05) is 0 Å². The van der Waals surface area contributed by atoms with Crippen molar-refractivity contribution < 1.29 is 0 Å². The van der Waals surface area contributed by atoms with Crippen LogP contribution in [0.2, 0.25) is 0 Å². The van der Waals surface area contributed by atoms with E-state index in [0.29, 0.717) is 0 Å². The lowest BCUT2D eigenvalue weighted by molar-refractivity contribution is 1.31. The van der Waals surface area contributed by atoms with Gasteiger partial charge in [0.25, 0.3) is 0 Å². The lowest BCUT2D eigenvalue weighted by Crippen LogP contribution is -1.83. The molecule has 0 atom stereocenters. The van der Waals surface area contributed by atoms with Crippen LogP contribution in [-0.2, 0) is 0 Å². The Morgan fingerprint density at radius 3 is 2.40 bits per heavy atom. The molecule has 1 heteroatoms. The van der Waals surface area contributed by atoms with Gasteiger partial charge >= 0.3 is 0 Å². The van der Waals surface area contributed by atoms with E-state index >= 15 is 0 Å². The van der Waals surface area contributed by atoms with Gasteiger partial charge in [0, 0.05) is 11.8 Å². The summed E-state index contributed by atoms with van der Waals surface area (Å²) in [4.78, 5) is 4.42. The average Bonchev–Trinajstić information content (AvgIpc) is 2.32. The molecular formula is C14H13N. The number of benzene rings is 1. The molecule has 1 aromatic carbocycles. The zero-order chi connectivity index (χ0) is 10.5. The number of hydrogen-bond donors (Lipinski definition) is 0. The predicted octanol–water partition coefficient (Wildman–Crippen LogP) is 3.78. The maximum atomic E-state index is 4.42. The topological polar surface area (TPSA) is 12.9 Å². The van der Waals surface area contributed by atoms with Crippen molar-refractivity contribution in [1.82, 2.24) is 4.98 Å². The van der Waals surface area contributed by atoms with Gasteiger partial charge in [-0.2, -0.15) is 0 Å². The fraction of sp³-hybridized carbons (Fsp3) is 0.0714. The van der Waals surface area contributed by atoms with Gasteiger partial charge in [-0.25, -0.2) is 0 Å². The van der Waals surface area contributed by atoms with Crippen molar-refractivity contribution in [2.24, 2.45) is 0 Å². The molecule has 0 bridgehead atoms. The van der Waals surface area contributed by atoms with E-state index in [1.165, 1.54) is 0 Å². The molecule has 0 amide bonds. The minimum atomic E-state index is 1.02. The van der Waals surface area contributed by atoms with Gasteiger partial charge in [0.1, 0.15) is 0 Å². The van der Waals surface area contributed by atoms with Gasteiger partial charge in [-0.15, -0.1) is 0 Å². The minimum Gasteiger partial charge on any atom is -0.256 e. The van der Waals surface area contributed by atoms with Crippen LogP contribution >= 0.6 is 0 Å². The first-order valence-electron chi connectivity index (χ1n) is 5.04. The molecule has 0 fully saturated rings. The number of aromatic nitrogens is 1. The molecule has 0 aliphatic heterocycles. The van der Waals surface area contributed by atoms with Crippen LogP contribution in [0.3, 0.4) is 0 Å². The second kappa shape index (κ2) is 4.56. The summed E-state index contributed by atoms with van der Waals surface area (Å²) in [7, 11) is 0. The Morgan fingerprint density at radius 2 is 1.80 bits per heavy atom. The van der Waals surface area contributed by atoms with Crippen molar-refractivity contribution in [2.45, 2.75) is 6.92 Å². The van der Waals surface area contributed by atoms with Crippen molar-refractivity contribution in [3.63, 3.8) is 0 Å². The highest BCUT2D eigenvalue weighted by atomic mass is 14.7. The average molecular weight is 195 g/mol. The Balaban J connectivity index is 2.32. The van der Waals surface area contributed by atoms with Gasteiger partial charge in [0.15, 0.2) is 0 Å². The highest BCUT2D eigenvalue weighted by Gasteiger charge is 1.96. The number of pyridine rings is 1. The largest absolute Gasteiger partial charge is 0.256 e. The SMILES string of the molecule is C/C=C/c1ccc(-c2ccccc2)nc1. The zero-order valence-corrected chi connectivity index (χ0v) is 8.72. The monoisotopic (exact) mass is 195 g/mol. The molecule has 0 aliphatic rings. The molecular weight excluding hydrogens is 182 g/mol. The molecule has 0 spiro atoms. The molecule has 0 unspecified atom stereocenters. The summed E-state index contributed by atoms with van der Waals surface area (Å²) < 4.78 is 0. The van der Waals surface area contributed by atoms with Crippen LogP contribution < -0.4 is 0 Å². The summed E-state index contributed by atoms with van der Waals surface area (Å²) in [5.74, 6) is 0. The van der Waals surface area contributed by atoms with E-state index in [1.807, 2.05) is 49.5 Å². The van der Waals surface area contributed by atoms with E-state index in [-0.39, 0.29) is 0 Å². The zero-order valence-electron chi connectivity index (χ0n) is 8.72. The van der Waals surface area contributed by atoms with Gasteiger partial charge in [-0.05, 0) is 18.6 Å². The Hall–Kier alpha value is -1.89. The first-order chi connectivity index (χ1) is 7.40. The smallest absolute Gasteiger partial charge is 0.0702 e. The third kappa shape index (κ3) is 2.32. The van der Waals surface area contributed by atoms with E-state index in [9.17, 15) is 0 Å². The van der Waals surface area contributed by atoms with Crippen molar-refractivity contribution in [1.29, 1.82) is 0 Å². The number of hydrogen-bond acceptors (Lipinski definition) is 1. The summed E-state index contributed by atoms with van der Waals surface area (Å²) in [6.45, 7) is 2.01. The normalized spacial score (nSPS) is 10.7. The summed E-state index contributed by atoms with van der Waals surface area (Å²) in [6.07, 6.45) is 5.95. The minimum absolute atomic E-state index is 1.02. The van der Waals surface area contributed by atoms with E-state index in [0.717, 1.165) is 16.8 Å². The maximum Gasteiger partial charge on any atom is 0.0702 e. The summed E-state index contributed by atoms with van der Waals surface area (Å²) in [5, 5.41) is 0. The van der Waals surface area contributed by atoms with Crippen LogP contribution in [0, 0.1) is 0 Å². The molecule has 74 valence electrons. The van der Waals surface area contributed by atoms with Gasteiger partial charge in [-0.3, -0.25) is 4.98 Å². The van der Waals surface area contributed by atoms with E-state index in [1.54, 1.807) is 0 Å². The van der Waals surface area contributed by atoms with Crippen LogP contribution in [0.1, 0.15) is 12.5 Å². The molecule has 0 saturated heterocycles. The third-order valence-electron chi connectivity index (χ3n) is 2.22. The Bertz CT molecular complexity index is 441. The lowest BCUT2D eigenvalue weighted by atomic mass is 10.1. The Labute approximate surface area is 90.1 Å².